The second-order valence-electron chi connectivity index (χ2n) is 9.27. The third kappa shape index (κ3) is 3.29. The molecule has 32 heavy (non-hydrogen) atoms. The smallest absolute Gasteiger partial charge is 0.263 e. The van der Waals surface area contributed by atoms with Gasteiger partial charge in [0.1, 0.15) is 15.3 Å². The van der Waals surface area contributed by atoms with E-state index in [2.05, 4.69) is 27.8 Å². The van der Waals surface area contributed by atoms with Crippen LogP contribution in [0.1, 0.15) is 51.6 Å². The zero-order chi connectivity index (χ0) is 21.9. The van der Waals surface area contributed by atoms with Crippen LogP contribution in [-0.4, -0.2) is 41.1 Å². The first-order valence-corrected chi connectivity index (χ1v) is 12.2. The average Bonchev–Trinajstić information content (AvgIpc) is 3.29. The summed E-state index contributed by atoms with van der Waals surface area (Å²) >= 11 is 1.36. The Morgan fingerprint density at radius 1 is 1.28 bits per heavy atom. The predicted octanol–water partition coefficient (Wildman–Crippen LogP) is 2.85. The fourth-order valence-corrected chi connectivity index (χ4v) is 6.36. The Morgan fingerprint density at radius 2 is 2.19 bits per heavy atom. The average molecular weight is 450 g/mol. The molecule has 0 saturated carbocycles. The Bertz CT molecular complexity index is 1220. The number of thiophene rings is 1. The zero-order valence-corrected chi connectivity index (χ0v) is 18.9. The van der Waals surface area contributed by atoms with E-state index in [0.717, 1.165) is 72.5 Å². The summed E-state index contributed by atoms with van der Waals surface area (Å²) in [6, 6.07) is 8.24. The summed E-state index contributed by atoms with van der Waals surface area (Å²) in [7, 11) is 0. The second kappa shape index (κ2) is 7.50. The number of aromatic nitrogens is 2. The summed E-state index contributed by atoms with van der Waals surface area (Å²) in [4.78, 5) is 23.9. The number of carbonyl (C=O) groups is 1. The molecule has 6 rings (SSSR count). The van der Waals surface area contributed by atoms with Gasteiger partial charge in [-0.2, -0.15) is 0 Å². The van der Waals surface area contributed by atoms with Crippen LogP contribution < -0.4 is 16.4 Å². The van der Waals surface area contributed by atoms with E-state index in [9.17, 15) is 4.79 Å². The van der Waals surface area contributed by atoms with Gasteiger partial charge in [-0.05, 0) is 62.8 Å². The van der Waals surface area contributed by atoms with Crippen molar-refractivity contribution in [2.75, 3.05) is 18.8 Å². The van der Waals surface area contributed by atoms with Crippen molar-refractivity contribution in [3.63, 3.8) is 0 Å². The lowest BCUT2D eigenvalue weighted by atomic mass is 9.89. The van der Waals surface area contributed by atoms with Gasteiger partial charge >= 0.3 is 0 Å². The van der Waals surface area contributed by atoms with Crippen LogP contribution in [0.2, 0.25) is 0 Å². The van der Waals surface area contributed by atoms with Crippen molar-refractivity contribution in [3.05, 3.63) is 51.8 Å². The molecule has 1 amide bonds. The molecular formula is C24H27N5O2S. The third-order valence-corrected chi connectivity index (χ3v) is 8.16. The molecule has 2 saturated heterocycles. The number of morpholine rings is 1. The number of nitrogens with one attached hydrogen (secondary N) is 2. The Kier molecular flexibility index (Phi) is 4.71. The van der Waals surface area contributed by atoms with Crippen LogP contribution >= 0.6 is 11.3 Å². The van der Waals surface area contributed by atoms with Gasteiger partial charge in [0.2, 0.25) is 0 Å². The third-order valence-electron chi connectivity index (χ3n) is 7.05. The molecule has 0 spiro atoms. The summed E-state index contributed by atoms with van der Waals surface area (Å²) in [6.45, 7) is 3.71. The molecule has 3 unspecified atom stereocenters. The molecule has 0 radical (unpaired) electrons. The van der Waals surface area contributed by atoms with E-state index in [1.54, 1.807) is 0 Å². The summed E-state index contributed by atoms with van der Waals surface area (Å²) in [5.74, 6) is -0.112. The minimum Gasteiger partial charge on any atom is -0.397 e. The number of nitrogen functional groups attached to an aromatic ring is 1. The lowest BCUT2D eigenvalue weighted by Crippen LogP contribution is -2.46. The minimum atomic E-state index is -0.270. The summed E-state index contributed by atoms with van der Waals surface area (Å²) in [6.07, 6.45) is 4.93. The highest BCUT2D eigenvalue weighted by Crippen LogP contribution is 2.41. The molecule has 2 fully saturated rings. The van der Waals surface area contributed by atoms with Gasteiger partial charge in [-0.25, -0.2) is 4.98 Å². The Balaban J connectivity index is 1.19. The first kappa shape index (κ1) is 20.1. The standard InChI is InChI=1S/C24H27N5O2S/c1-13-2-5-17-20(25)21(32-23(17)27-13)22(30)28-15-4-6-18-14(10-15)3-7-19(29-18)24-9-8-16(31-24)11-26-12-24/h2-3,5,7,15-16,26H,4,6,8-12,25H2,1H3,(H,28,30). The number of amides is 1. The summed E-state index contributed by atoms with van der Waals surface area (Å²) in [5, 5.41) is 7.55. The fourth-order valence-electron chi connectivity index (χ4n) is 5.32. The number of fused-ring (bicyclic) bond motifs is 4. The molecule has 3 aromatic rings. The molecule has 0 aromatic carbocycles. The first-order chi connectivity index (χ1) is 15.5. The van der Waals surface area contributed by atoms with Crippen molar-refractivity contribution >= 4 is 33.1 Å². The van der Waals surface area contributed by atoms with Gasteiger partial charge in [0, 0.05) is 35.9 Å². The van der Waals surface area contributed by atoms with Crippen molar-refractivity contribution < 1.29 is 9.53 Å². The number of nitrogens with two attached hydrogens (primary N) is 1. The summed E-state index contributed by atoms with van der Waals surface area (Å²) < 4.78 is 6.33. The van der Waals surface area contributed by atoms with E-state index in [-0.39, 0.29) is 17.6 Å². The molecule has 4 N–H and O–H groups in total. The van der Waals surface area contributed by atoms with Gasteiger partial charge < -0.3 is 21.1 Å². The van der Waals surface area contributed by atoms with E-state index in [1.807, 2.05) is 19.1 Å². The molecule has 7 nitrogen and oxygen atoms in total. The number of nitrogens with zero attached hydrogens (tertiary/aromatic N) is 2. The number of rotatable bonds is 3. The molecular weight excluding hydrogens is 422 g/mol. The molecule has 2 bridgehead atoms. The molecule has 5 heterocycles. The van der Waals surface area contributed by atoms with Crippen molar-refractivity contribution in [2.45, 2.75) is 56.8 Å². The highest BCUT2D eigenvalue weighted by Gasteiger charge is 2.45. The lowest BCUT2D eigenvalue weighted by Gasteiger charge is -2.34. The molecule has 166 valence electrons. The van der Waals surface area contributed by atoms with Crippen LogP contribution in [-0.2, 0) is 23.2 Å². The SMILES string of the molecule is Cc1ccc2c(N)c(C(=O)NC3CCc4nc(C56CCC(CNC5)O6)ccc4C3)sc2n1. The highest BCUT2D eigenvalue weighted by atomic mass is 32.1. The summed E-state index contributed by atoms with van der Waals surface area (Å²) in [5.41, 5.74) is 10.8. The number of ether oxygens (including phenoxy) is 1. The van der Waals surface area contributed by atoms with Crippen LogP contribution in [0, 0.1) is 6.92 Å². The van der Waals surface area contributed by atoms with Crippen LogP contribution in [0.3, 0.4) is 0 Å². The highest BCUT2D eigenvalue weighted by molar-refractivity contribution is 7.21. The maximum atomic E-state index is 13.0. The van der Waals surface area contributed by atoms with Gasteiger partial charge in [-0.3, -0.25) is 9.78 Å². The van der Waals surface area contributed by atoms with Gasteiger partial charge in [0.15, 0.2) is 0 Å². The topological polar surface area (TPSA) is 102 Å². The fraction of sp³-hybridized carbons (Fsp3) is 0.458. The van der Waals surface area contributed by atoms with Crippen LogP contribution in [0.15, 0.2) is 24.3 Å². The van der Waals surface area contributed by atoms with Gasteiger partial charge in [0.05, 0.1) is 17.5 Å². The van der Waals surface area contributed by atoms with E-state index in [1.165, 1.54) is 16.9 Å². The number of hydrogen-bond donors (Lipinski definition) is 3. The van der Waals surface area contributed by atoms with Gasteiger partial charge in [-0.15, -0.1) is 11.3 Å². The van der Waals surface area contributed by atoms with Crippen molar-refractivity contribution in [1.29, 1.82) is 0 Å². The zero-order valence-electron chi connectivity index (χ0n) is 18.1. The van der Waals surface area contributed by atoms with Crippen molar-refractivity contribution in [2.24, 2.45) is 0 Å². The van der Waals surface area contributed by atoms with Crippen LogP contribution in [0.4, 0.5) is 5.69 Å². The van der Waals surface area contributed by atoms with Gasteiger partial charge in [-0.1, -0.05) is 6.07 Å². The maximum Gasteiger partial charge on any atom is 0.263 e. The Labute approximate surface area is 190 Å². The molecule has 8 heteroatoms. The first-order valence-electron chi connectivity index (χ1n) is 11.3. The van der Waals surface area contributed by atoms with E-state index < -0.39 is 0 Å². The quantitative estimate of drug-likeness (QED) is 0.568. The van der Waals surface area contributed by atoms with Gasteiger partial charge in [0.25, 0.3) is 5.91 Å². The lowest BCUT2D eigenvalue weighted by molar-refractivity contribution is -0.0713. The Hall–Kier alpha value is -2.55. The number of aryl methyl sites for hydroxylation is 2. The largest absolute Gasteiger partial charge is 0.397 e. The normalized spacial score (nSPS) is 26.8. The Morgan fingerprint density at radius 3 is 3.09 bits per heavy atom. The predicted molar refractivity (Wildman–Crippen MR) is 125 cm³/mol. The van der Waals surface area contributed by atoms with Crippen molar-refractivity contribution in [3.8, 4) is 0 Å². The van der Waals surface area contributed by atoms with E-state index in [0.29, 0.717) is 16.7 Å². The maximum absolute atomic E-state index is 13.0. The molecule has 1 aliphatic carbocycles. The van der Waals surface area contributed by atoms with E-state index >= 15 is 0 Å². The number of pyridine rings is 2. The van der Waals surface area contributed by atoms with Crippen LogP contribution in [0.5, 0.6) is 0 Å². The number of hydrogen-bond acceptors (Lipinski definition) is 7. The molecule has 2 aliphatic heterocycles. The number of carbonyl (C=O) groups excluding carboxylic acids is 1. The number of anilines is 1. The second-order valence-corrected chi connectivity index (χ2v) is 10.3. The van der Waals surface area contributed by atoms with E-state index in [4.69, 9.17) is 15.5 Å². The molecule has 3 atom stereocenters. The molecule has 3 aromatic heterocycles. The van der Waals surface area contributed by atoms with Crippen molar-refractivity contribution in [1.82, 2.24) is 20.6 Å². The molecule has 3 aliphatic rings. The van der Waals surface area contributed by atoms with Crippen LogP contribution in [0.25, 0.3) is 10.2 Å². The monoisotopic (exact) mass is 449 g/mol. The minimum absolute atomic E-state index is 0.0728.